The number of nitrogens with one attached hydrogen (secondary N) is 1. The van der Waals surface area contributed by atoms with E-state index in [4.69, 9.17) is 4.74 Å². The summed E-state index contributed by atoms with van der Waals surface area (Å²) < 4.78 is 34.8. The predicted octanol–water partition coefficient (Wildman–Crippen LogP) is 3.74. The monoisotopic (exact) mass is 413 g/mol. The quantitative estimate of drug-likeness (QED) is 0.828. The lowest BCUT2D eigenvalue weighted by Crippen LogP contribution is -2.35. The number of ether oxygens (including phenoxy) is 1. The second kappa shape index (κ2) is 7.51. The number of carbonyl (C=O) groups is 1. The number of carbonyl (C=O) groups excluding carboxylic acids is 1. The van der Waals surface area contributed by atoms with Gasteiger partial charge in [0.05, 0.1) is 18.5 Å². The molecule has 0 unspecified atom stereocenters. The lowest BCUT2D eigenvalue weighted by molar-refractivity contribution is 0.102. The fraction of sp³-hybridized carbons (Fsp3) is 0.333. The van der Waals surface area contributed by atoms with Gasteiger partial charge in [0.15, 0.2) is 0 Å². The molecule has 0 radical (unpaired) electrons. The zero-order chi connectivity index (χ0) is 20.6. The summed E-state index contributed by atoms with van der Waals surface area (Å²) >= 11 is 0. The highest BCUT2D eigenvalue weighted by atomic mass is 32.2. The zero-order valence-electron chi connectivity index (χ0n) is 16.4. The Kier molecular flexibility index (Phi) is 5.04. The molecule has 4 rings (SSSR count). The Morgan fingerprint density at radius 2 is 1.97 bits per heavy atom. The van der Waals surface area contributed by atoms with E-state index in [0.29, 0.717) is 29.4 Å². The summed E-state index contributed by atoms with van der Waals surface area (Å²) in [7, 11) is -2.31. The van der Waals surface area contributed by atoms with Crippen LogP contribution in [0.1, 0.15) is 41.6 Å². The number of methoxy groups -OCH3 is 1. The molecule has 7 nitrogen and oxygen atoms in total. The van der Waals surface area contributed by atoms with Crippen LogP contribution in [0, 0.1) is 6.92 Å². The van der Waals surface area contributed by atoms with E-state index in [2.05, 4.69) is 9.71 Å². The number of aryl methyl sites for hydroxylation is 1. The van der Waals surface area contributed by atoms with Crippen LogP contribution in [0.4, 0.5) is 11.4 Å². The van der Waals surface area contributed by atoms with Crippen LogP contribution in [0.15, 0.2) is 45.7 Å². The lowest BCUT2D eigenvalue weighted by Gasteiger charge is -2.29. The third kappa shape index (κ3) is 3.72. The largest absolute Gasteiger partial charge is 0.495 e. The molecule has 2 aliphatic rings. The average Bonchev–Trinajstić information content (AvgIpc) is 2.93. The second-order valence-corrected chi connectivity index (χ2v) is 8.86. The first kappa shape index (κ1) is 19.4. The van der Waals surface area contributed by atoms with Crippen molar-refractivity contribution in [3.63, 3.8) is 0 Å². The highest BCUT2D eigenvalue weighted by Gasteiger charge is 2.32. The third-order valence-electron chi connectivity index (χ3n) is 5.21. The number of amides is 1. The molecule has 1 N–H and O–H groups in total. The molecule has 2 aromatic rings. The number of sulfonamides is 1. The van der Waals surface area contributed by atoms with Crippen LogP contribution in [-0.2, 0) is 10.0 Å². The fourth-order valence-electron chi connectivity index (χ4n) is 3.74. The highest BCUT2D eigenvalue weighted by molar-refractivity contribution is 7.90. The molecule has 1 saturated heterocycles. The van der Waals surface area contributed by atoms with E-state index in [0.717, 1.165) is 31.4 Å². The Labute approximate surface area is 170 Å². The van der Waals surface area contributed by atoms with Gasteiger partial charge in [-0.2, -0.15) is 8.42 Å². The van der Waals surface area contributed by atoms with Gasteiger partial charge in [0.25, 0.3) is 15.9 Å². The molecule has 0 aromatic heterocycles. The van der Waals surface area contributed by atoms with Crippen LogP contribution >= 0.6 is 0 Å². The van der Waals surface area contributed by atoms with Gasteiger partial charge in [-0.05, 0) is 55.7 Å². The maximum absolute atomic E-state index is 12.8. The molecule has 8 heteroatoms. The smallest absolute Gasteiger partial charge is 0.286 e. The first-order valence-corrected chi connectivity index (χ1v) is 11.0. The van der Waals surface area contributed by atoms with Crippen molar-refractivity contribution in [1.82, 2.24) is 0 Å². The molecule has 1 fully saturated rings. The van der Waals surface area contributed by atoms with E-state index in [1.54, 1.807) is 24.3 Å². The summed E-state index contributed by atoms with van der Waals surface area (Å²) in [4.78, 5) is 14.9. The van der Waals surface area contributed by atoms with E-state index in [1.807, 2.05) is 17.9 Å². The van der Waals surface area contributed by atoms with Gasteiger partial charge in [0.2, 0.25) is 0 Å². The van der Waals surface area contributed by atoms with Gasteiger partial charge in [-0.25, -0.2) is 0 Å². The lowest BCUT2D eigenvalue weighted by atomic mass is 10.1. The summed E-state index contributed by atoms with van der Waals surface area (Å²) in [6, 6.07) is 10.2. The summed E-state index contributed by atoms with van der Waals surface area (Å²) in [5, 5.41) is 2.81. The van der Waals surface area contributed by atoms with Gasteiger partial charge in [-0.15, -0.1) is 4.40 Å². The minimum absolute atomic E-state index is 0.0759. The van der Waals surface area contributed by atoms with Crippen LogP contribution in [0.3, 0.4) is 0 Å². The maximum atomic E-state index is 12.8. The van der Waals surface area contributed by atoms with Crippen molar-refractivity contribution in [3.05, 3.63) is 47.5 Å². The number of rotatable bonds is 3. The number of fused-ring (bicyclic) bond motifs is 3. The molecule has 2 aliphatic heterocycles. The van der Waals surface area contributed by atoms with Crippen molar-refractivity contribution in [2.75, 3.05) is 23.9 Å². The highest BCUT2D eigenvalue weighted by Crippen LogP contribution is 2.35. The van der Waals surface area contributed by atoms with Crippen LogP contribution in [0.2, 0.25) is 0 Å². The normalized spacial score (nSPS) is 17.4. The fourth-order valence-corrected chi connectivity index (χ4v) is 5.02. The first-order chi connectivity index (χ1) is 13.9. The van der Waals surface area contributed by atoms with Gasteiger partial charge in [-0.1, -0.05) is 12.5 Å². The number of benzene rings is 2. The van der Waals surface area contributed by atoms with E-state index in [-0.39, 0.29) is 10.5 Å². The third-order valence-corrected chi connectivity index (χ3v) is 6.55. The average molecular weight is 413 g/mol. The van der Waals surface area contributed by atoms with E-state index in [1.165, 1.54) is 13.2 Å². The Balaban J connectivity index is 1.69. The maximum Gasteiger partial charge on any atom is 0.286 e. The first-order valence-electron chi connectivity index (χ1n) is 9.60. The SMILES string of the molecule is COc1ccc(C)cc1NC(=O)c1ccc2c(c1)S(=O)(=O)N=C1CCCCCN12. The van der Waals surface area contributed by atoms with Crippen molar-refractivity contribution in [1.29, 1.82) is 0 Å². The molecule has 1 amide bonds. The number of nitrogens with zero attached hydrogens (tertiary/aromatic N) is 2. The molecule has 0 atom stereocenters. The van der Waals surface area contributed by atoms with Gasteiger partial charge in [0, 0.05) is 18.5 Å². The molecule has 2 aromatic carbocycles. The van der Waals surface area contributed by atoms with Gasteiger partial charge in [-0.3, -0.25) is 4.79 Å². The molecular formula is C21H23N3O4S. The molecule has 0 saturated carbocycles. The van der Waals surface area contributed by atoms with Crippen LogP contribution in [-0.4, -0.2) is 33.8 Å². The van der Waals surface area contributed by atoms with Crippen LogP contribution < -0.4 is 15.0 Å². The van der Waals surface area contributed by atoms with Crippen LogP contribution in [0.5, 0.6) is 5.75 Å². The summed E-state index contributed by atoms with van der Waals surface area (Å²) in [6.07, 6.45) is 3.60. The van der Waals surface area contributed by atoms with Gasteiger partial charge >= 0.3 is 0 Å². The Morgan fingerprint density at radius 1 is 1.14 bits per heavy atom. The number of hydrogen-bond acceptors (Lipinski definition) is 5. The van der Waals surface area contributed by atoms with E-state index >= 15 is 0 Å². The number of anilines is 2. The minimum Gasteiger partial charge on any atom is -0.495 e. The standard InChI is InChI=1S/C21H23N3O4S/c1-14-7-10-18(28-2)16(12-14)22-21(25)15-8-9-17-19(13-15)29(26,27)23-20-6-4-3-5-11-24(17)20/h7-10,12-13H,3-6,11H2,1-2H3,(H,22,25). The summed E-state index contributed by atoms with van der Waals surface area (Å²) in [5.74, 6) is 0.725. The number of amidine groups is 1. The molecule has 2 heterocycles. The molecular weight excluding hydrogens is 390 g/mol. The van der Waals surface area contributed by atoms with Crippen molar-refractivity contribution in [2.24, 2.45) is 4.40 Å². The number of hydrogen-bond donors (Lipinski definition) is 1. The predicted molar refractivity (Wildman–Crippen MR) is 113 cm³/mol. The van der Waals surface area contributed by atoms with Crippen molar-refractivity contribution < 1.29 is 17.9 Å². The second-order valence-electron chi connectivity index (χ2n) is 7.29. The van der Waals surface area contributed by atoms with E-state index < -0.39 is 15.9 Å². The van der Waals surface area contributed by atoms with Crippen LogP contribution in [0.25, 0.3) is 0 Å². The Hall–Kier alpha value is -2.87. The molecule has 152 valence electrons. The molecule has 0 spiro atoms. The Morgan fingerprint density at radius 3 is 2.76 bits per heavy atom. The van der Waals surface area contributed by atoms with Crippen molar-refractivity contribution in [2.45, 2.75) is 37.5 Å². The summed E-state index contributed by atoms with van der Waals surface area (Å²) in [5.41, 5.74) is 2.36. The molecule has 0 aliphatic carbocycles. The van der Waals surface area contributed by atoms with Crippen molar-refractivity contribution >= 4 is 33.1 Å². The van der Waals surface area contributed by atoms with Crippen molar-refractivity contribution in [3.8, 4) is 5.75 Å². The minimum atomic E-state index is -3.84. The van der Waals surface area contributed by atoms with E-state index in [9.17, 15) is 13.2 Å². The molecule has 0 bridgehead atoms. The summed E-state index contributed by atoms with van der Waals surface area (Å²) in [6.45, 7) is 2.64. The topological polar surface area (TPSA) is 88.1 Å². The zero-order valence-corrected chi connectivity index (χ0v) is 17.3. The van der Waals surface area contributed by atoms with Gasteiger partial charge in [0.1, 0.15) is 16.5 Å². The molecule has 29 heavy (non-hydrogen) atoms. The Bertz CT molecular complexity index is 1110. The van der Waals surface area contributed by atoms with Gasteiger partial charge < -0.3 is 15.0 Å².